The molecule has 0 aliphatic heterocycles. The lowest BCUT2D eigenvalue weighted by molar-refractivity contribution is 0.0979. The van der Waals surface area contributed by atoms with Crippen molar-refractivity contribution < 1.29 is 9.53 Å². The zero-order valence-electron chi connectivity index (χ0n) is 9.75. The van der Waals surface area contributed by atoms with Gasteiger partial charge in [-0.05, 0) is 47.5 Å². The first-order valence-corrected chi connectivity index (χ1v) is 6.43. The van der Waals surface area contributed by atoms with E-state index in [-0.39, 0.29) is 5.78 Å². The molecule has 0 bridgehead atoms. The van der Waals surface area contributed by atoms with Gasteiger partial charge in [-0.25, -0.2) is 0 Å². The Hall–Kier alpha value is -0.830. The summed E-state index contributed by atoms with van der Waals surface area (Å²) >= 11 is 3.41. The standard InChI is InChI=1S/C13H17BrO2/c1-3-5-6-12(15)10-7-8-13(16-4-2)11(14)9-10/h7-9H,3-6H2,1-2H3. The average molecular weight is 285 g/mol. The van der Waals surface area contributed by atoms with Gasteiger partial charge in [0.05, 0.1) is 11.1 Å². The van der Waals surface area contributed by atoms with Crippen molar-refractivity contribution in [2.45, 2.75) is 33.1 Å². The van der Waals surface area contributed by atoms with E-state index in [4.69, 9.17) is 4.74 Å². The summed E-state index contributed by atoms with van der Waals surface area (Å²) in [7, 11) is 0. The molecule has 0 spiro atoms. The number of hydrogen-bond acceptors (Lipinski definition) is 2. The molecule has 0 heterocycles. The van der Waals surface area contributed by atoms with Crippen molar-refractivity contribution in [2.24, 2.45) is 0 Å². The fourth-order valence-corrected chi connectivity index (χ4v) is 1.92. The van der Waals surface area contributed by atoms with Crippen molar-refractivity contribution in [3.8, 4) is 5.75 Å². The minimum absolute atomic E-state index is 0.200. The molecule has 3 heteroatoms. The summed E-state index contributed by atoms with van der Waals surface area (Å²) < 4.78 is 6.24. The number of carbonyl (C=O) groups excluding carboxylic acids is 1. The van der Waals surface area contributed by atoms with Crippen LogP contribution in [0.15, 0.2) is 22.7 Å². The number of rotatable bonds is 6. The molecule has 0 saturated heterocycles. The lowest BCUT2D eigenvalue weighted by Gasteiger charge is -2.07. The van der Waals surface area contributed by atoms with E-state index >= 15 is 0 Å². The van der Waals surface area contributed by atoms with E-state index < -0.39 is 0 Å². The van der Waals surface area contributed by atoms with Gasteiger partial charge in [0.25, 0.3) is 0 Å². The molecule has 0 amide bonds. The molecule has 0 aliphatic rings. The van der Waals surface area contributed by atoms with Crippen LogP contribution < -0.4 is 4.74 Å². The number of carbonyl (C=O) groups is 1. The third-order valence-corrected chi connectivity index (χ3v) is 2.93. The molecule has 1 aromatic rings. The molecule has 0 aliphatic carbocycles. The van der Waals surface area contributed by atoms with Gasteiger partial charge in [-0.1, -0.05) is 13.3 Å². The summed E-state index contributed by atoms with van der Waals surface area (Å²) in [6, 6.07) is 5.50. The Kier molecular flexibility index (Phi) is 5.53. The van der Waals surface area contributed by atoms with E-state index in [0.717, 1.165) is 28.6 Å². The highest BCUT2D eigenvalue weighted by molar-refractivity contribution is 9.10. The van der Waals surface area contributed by atoms with Crippen molar-refractivity contribution in [3.05, 3.63) is 28.2 Å². The van der Waals surface area contributed by atoms with Gasteiger partial charge in [0.1, 0.15) is 5.75 Å². The van der Waals surface area contributed by atoms with Crippen molar-refractivity contribution in [2.75, 3.05) is 6.61 Å². The van der Waals surface area contributed by atoms with Crippen LogP contribution in [-0.2, 0) is 0 Å². The third kappa shape index (κ3) is 3.63. The van der Waals surface area contributed by atoms with Crippen molar-refractivity contribution in [3.63, 3.8) is 0 Å². The van der Waals surface area contributed by atoms with Crippen LogP contribution in [0.4, 0.5) is 0 Å². The molecule has 0 aromatic heterocycles. The lowest BCUT2D eigenvalue weighted by atomic mass is 10.1. The Morgan fingerprint density at radius 2 is 2.12 bits per heavy atom. The number of benzene rings is 1. The van der Waals surface area contributed by atoms with Gasteiger partial charge in [0.15, 0.2) is 5.78 Å². The predicted molar refractivity (Wildman–Crippen MR) is 69.2 cm³/mol. The summed E-state index contributed by atoms with van der Waals surface area (Å²) in [5, 5.41) is 0. The van der Waals surface area contributed by atoms with Gasteiger partial charge in [-0.15, -0.1) is 0 Å². The van der Waals surface area contributed by atoms with Crippen LogP contribution in [0.25, 0.3) is 0 Å². The topological polar surface area (TPSA) is 26.3 Å². The van der Waals surface area contributed by atoms with E-state index in [0.29, 0.717) is 13.0 Å². The van der Waals surface area contributed by atoms with Crippen LogP contribution in [0.2, 0.25) is 0 Å². The molecular formula is C13H17BrO2. The molecule has 1 rings (SSSR count). The minimum atomic E-state index is 0.200. The molecule has 0 atom stereocenters. The Balaban J connectivity index is 2.76. The largest absolute Gasteiger partial charge is 0.493 e. The van der Waals surface area contributed by atoms with Gasteiger partial charge < -0.3 is 4.74 Å². The number of ether oxygens (including phenoxy) is 1. The zero-order chi connectivity index (χ0) is 12.0. The van der Waals surface area contributed by atoms with E-state index in [1.54, 1.807) is 0 Å². The molecule has 0 fully saturated rings. The van der Waals surface area contributed by atoms with Crippen molar-refractivity contribution >= 4 is 21.7 Å². The second kappa shape index (κ2) is 6.69. The highest BCUT2D eigenvalue weighted by atomic mass is 79.9. The van der Waals surface area contributed by atoms with Gasteiger partial charge in [0.2, 0.25) is 0 Å². The van der Waals surface area contributed by atoms with Crippen LogP contribution in [0, 0.1) is 0 Å². The van der Waals surface area contributed by atoms with Crippen LogP contribution in [-0.4, -0.2) is 12.4 Å². The van der Waals surface area contributed by atoms with Crippen LogP contribution in [0.1, 0.15) is 43.5 Å². The third-order valence-electron chi connectivity index (χ3n) is 2.31. The second-order valence-corrected chi connectivity index (χ2v) is 4.46. The zero-order valence-corrected chi connectivity index (χ0v) is 11.3. The fourth-order valence-electron chi connectivity index (χ4n) is 1.43. The molecule has 0 N–H and O–H groups in total. The molecule has 88 valence electrons. The summed E-state index contributed by atoms with van der Waals surface area (Å²) in [5.41, 5.74) is 0.753. The Morgan fingerprint density at radius 1 is 1.38 bits per heavy atom. The monoisotopic (exact) mass is 284 g/mol. The number of halogens is 1. The SMILES string of the molecule is CCCCC(=O)c1ccc(OCC)c(Br)c1. The summed E-state index contributed by atoms with van der Waals surface area (Å²) in [6.45, 7) is 4.65. The highest BCUT2D eigenvalue weighted by Gasteiger charge is 2.08. The molecular weight excluding hydrogens is 268 g/mol. The van der Waals surface area contributed by atoms with Gasteiger partial charge >= 0.3 is 0 Å². The molecule has 0 saturated carbocycles. The Bertz CT molecular complexity index is 361. The number of Topliss-reactive ketones (excluding diaryl/α,β-unsaturated/α-hetero) is 1. The van der Waals surface area contributed by atoms with Crippen LogP contribution in [0.3, 0.4) is 0 Å². The Labute approximate surface area is 105 Å². The maximum atomic E-state index is 11.8. The minimum Gasteiger partial charge on any atom is -0.493 e. The summed E-state index contributed by atoms with van der Waals surface area (Å²) in [6.07, 6.45) is 2.62. The van der Waals surface area contributed by atoms with Gasteiger partial charge in [0, 0.05) is 12.0 Å². The van der Waals surface area contributed by atoms with Gasteiger partial charge in [-0.3, -0.25) is 4.79 Å². The number of unbranched alkanes of at least 4 members (excludes halogenated alkanes) is 1. The van der Waals surface area contributed by atoms with Crippen LogP contribution in [0.5, 0.6) is 5.75 Å². The highest BCUT2D eigenvalue weighted by Crippen LogP contribution is 2.26. The van der Waals surface area contributed by atoms with E-state index in [9.17, 15) is 4.79 Å². The van der Waals surface area contributed by atoms with E-state index in [1.165, 1.54) is 0 Å². The Morgan fingerprint density at radius 3 is 2.69 bits per heavy atom. The molecule has 1 aromatic carbocycles. The smallest absolute Gasteiger partial charge is 0.162 e. The first kappa shape index (κ1) is 13.2. The van der Waals surface area contributed by atoms with E-state index in [2.05, 4.69) is 22.9 Å². The second-order valence-electron chi connectivity index (χ2n) is 3.60. The lowest BCUT2D eigenvalue weighted by Crippen LogP contribution is -2.00. The fraction of sp³-hybridized carbons (Fsp3) is 0.462. The number of hydrogen-bond donors (Lipinski definition) is 0. The first-order chi connectivity index (χ1) is 7.69. The van der Waals surface area contributed by atoms with Crippen molar-refractivity contribution in [1.82, 2.24) is 0 Å². The van der Waals surface area contributed by atoms with E-state index in [1.807, 2.05) is 25.1 Å². The van der Waals surface area contributed by atoms with Crippen molar-refractivity contribution in [1.29, 1.82) is 0 Å². The molecule has 2 nitrogen and oxygen atoms in total. The summed E-state index contributed by atoms with van der Waals surface area (Å²) in [5.74, 6) is 0.986. The number of ketones is 1. The predicted octanol–water partition coefficient (Wildman–Crippen LogP) is 4.22. The maximum absolute atomic E-state index is 11.8. The molecule has 0 radical (unpaired) electrons. The normalized spacial score (nSPS) is 10.2. The first-order valence-electron chi connectivity index (χ1n) is 5.64. The van der Waals surface area contributed by atoms with Gasteiger partial charge in [-0.2, -0.15) is 0 Å². The maximum Gasteiger partial charge on any atom is 0.162 e. The quantitative estimate of drug-likeness (QED) is 0.731. The summed E-state index contributed by atoms with van der Waals surface area (Å²) in [4.78, 5) is 11.8. The average Bonchev–Trinajstić information content (AvgIpc) is 2.29. The molecule has 0 unspecified atom stereocenters. The van der Waals surface area contributed by atoms with Crippen LogP contribution >= 0.6 is 15.9 Å². The molecule has 16 heavy (non-hydrogen) atoms.